The highest BCUT2D eigenvalue weighted by molar-refractivity contribution is 7.86. The van der Waals surface area contributed by atoms with Gasteiger partial charge in [0.1, 0.15) is 10.5 Å². The smallest absolute Gasteiger partial charge is 0.333 e. The normalized spacial score (nSPS) is 14.6. The molecule has 0 amide bonds. The van der Waals surface area contributed by atoms with Gasteiger partial charge in [0.15, 0.2) is 5.43 Å². The Kier molecular flexibility index (Phi) is 5.42. The van der Waals surface area contributed by atoms with Crippen LogP contribution in [0.2, 0.25) is 0 Å². The van der Waals surface area contributed by atoms with E-state index in [0.717, 1.165) is 70.6 Å². The summed E-state index contributed by atoms with van der Waals surface area (Å²) < 4.78 is 39.1. The van der Waals surface area contributed by atoms with E-state index in [1.807, 2.05) is 37.3 Å². The van der Waals surface area contributed by atoms with Crippen LogP contribution in [0.4, 0.5) is 3.89 Å². The molecule has 1 aliphatic rings. The number of aromatic nitrogens is 3. The molecule has 5 aromatic rings. The SMILES string of the molecule is C#Cc1ccc2c(c1)[nH]c1c2c(=O)c2cc(CC)c(-c3cncc(S(=O)(=O)F)c3)cc2n1C1CCCC1. The zero-order chi connectivity index (χ0) is 25.9. The largest absolute Gasteiger partial charge is 0.340 e. The molecule has 0 radical (unpaired) electrons. The Bertz CT molecular complexity index is 1940. The Balaban J connectivity index is 1.74. The molecule has 0 saturated heterocycles. The zero-order valence-corrected chi connectivity index (χ0v) is 21.0. The molecule has 1 N–H and O–H groups in total. The van der Waals surface area contributed by atoms with Crippen LogP contribution in [0, 0.1) is 12.3 Å². The summed E-state index contributed by atoms with van der Waals surface area (Å²) in [7, 11) is -4.91. The molecule has 37 heavy (non-hydrogen) atoms. The Hall–Kier alpha value is -3.96. The molecule has 6 nitrogen and oxygen atoms in total. The van der Waals surface area contributed by atoms with Crippen LogP contribution in [0.25, 0.3) is 44.0 Å². The number of fused-ring (bicyclic) bond motifs is 4. The number of hydrogen-bond donors (Lipinski definition) is 1. The lowest BCUT2D eigenvalue weighted by atomic mass is 9.95. The highest BCUT2D eigenvalue weighted by atomic mass is 32.3. The van der Waals surface area contributed by atoms with Crippen molar-refractivity contribution in [3.05, 3.63) is 70.1 Å². The number of aryl methyl sites for hydroxylation is 1. The average Bonchev–Trinajstić information content (AvgIpc) is 3.56. The van der Waals surface area contributed by atoms with Crippen molar-refractivity contribution in [2.24, 2.45) is 0 Å². The highest BCUT2D eigenvalue weighted by Crippen LogP contribution is 2.38. The van der Waals surface area contributed by atoms with Gasteiger partial charge in [-0.25, -0.2) is 0 Å². The fourth-order valence-electron chi connectivity index (χ4n) is 5.76. The summed E-state index contributed by atoms with van der Waals surface area (Å²) in [5.74, 6) is 2.66. The average molecular weight is 514 g/mol. The summed E-state index contributed by atoms with van der Waals surface area (Å²) >= 11 is 0. The number of aromatic amines is 1. The van der Waals surface area contributed by atoms with Gasteiger partial charge in [-0.05, 0) is 60.7 Å². The first kappa shape index (κ1) is 23.4. The van der Waals surface area contributed by atoms with Crippen LogP contribution in [0.1, 0.15) is 49.8 Å². The fourth-order valence-corrected chi connectivity index (χ4v) is 6.21. The Morgan fingerprint density at radius 2 is 1.92 bits per heavy atom. The lowest BCUT2D eigenvalue weighted by Crippen LogP contribution is -2.15. The van der Waals surface area contributed by atoms with E-state index in [4.69, 9.17) is 6.42 Å². The standard InChI is InChI=1S/C29H24FN3O3S/c1-3-17-9-10-22-25(11-17)32-29-27(22)28(34)24-13-18(4-2)23(14-26(24)33(29)20-7-5-6-8-20)19-12-21(16-31-15-19)37(30,35)36/h1,9-16,20,32H,4-8H2,2H3. The maximum atomic E-state index is 14.0. The minimum atomic E-state index is -4.91. The van der Waals surface area contributed by atoms with E-state index in [1.54, 1.807) is 0 Å². The van der Waals surface area contributed by atoms with E-state index < -0.39 is 15.1 Å². The van der Waals surface area contributed by atoms with E-state index in [2.05, 4.69) is 20.5 Å². The fraction of sp³-hybridized carbons (Fsp3) is 0.241. The van der Waals surface area contributed by atoms with Crippen molar-refractivity contribution in [2.75, 3.05) is 0 Å². The molecule has 0 bridgehead atoms. The molecule has 0 aliphatic heterocycles. The van der Waals surface area contributed by atoms with Gasteiger partial charge in [0.25, 0.3) is 0 Å². The first-order valence-electron chi connectivity index (χ1n) is 12.3. The second kappa shape index (κ2) is 8.56. The van der Waals surface area contributed by atoms with E-state index in [9.17, 15) is 17.1 Å². The van der Waals surface area contributed by atoms with Crippen LogP contribution in [-0.2, 0) is 16.6 Å². The van der Waals surface area contributed by atoms with Gasteiger partial charge in [0, 0.05) is 45.9 Å². The molecule has 1 aliphatic carbocycles. The molecule has 1 saturated carbocycles. The number of rotatable bonds is 4. The quantitative estimate of drug-likeness (QED) is 0.235. The molecule has 3 aromatic heterocycles. The van der Waals surface area contributed by atoms with Crippen molar-refractivity contribution in [3.8, 4) is 23.5 Å². The number of benzene rings is 2. The van der Waals surface area contributed by atoms with Crippen LogP contribution in [0.5, 0.6) is 0 Å². The number of hydrogen-bond acceptors (Lipinski definition) is 4. The molecule has 1 fully saturated rings. The minimum Gasteiger partial charge on any atom is -0.340 e. The maximum absolute atomic E-state index is 14.0. The van der Waals surface area contributed by atoms with Gasteiger partial charge in [-0.3, -0.25) is 9.78 Å². The second-order valence-corrected chi connectivity index (χ2v) is 11.0. The first-order valence-corrected chi connectivity index (χ1v) is 13.7. The molecule has 6 rings (SSSR count). The van der Waals surface area contributed by atoms with Gasteiger partial charge in [-0.1, -0.05) is 31.8 Å². The summed E-state index contributed by atoms with van der Waals surface area (Å²) in [6.45, 7) is 1.97. The van der Waals surface area contributed by atoms with Crippen molar-refractivity contribution in [2.45, 2.75) is 50.0 Å². The van der Waals surface area contributed by atoms with Crippen LogP contribution in [0.3, 0.4) is 0 Å². The number of nitrogens with zero attached hydrogens (tertiary/aromatic N) is 2. The first-order chi connectivity index (χ1) is 17.8. The molecule has 2 aromatic carbocycles. The third kappa shape index (κ3) is 3.73. The topological polar surface area (TPSA) is 84.8 Å². The van der Waals surface area contributed by atoms with Crippen LogP contribution in [0.15, 0.2) is 58.5 Å². The predicted octanol–water partition coefficient (Wildman–Crippen LogP) is 6.02. The van der Waals surface area contributed by atoms with Gasteiger partial charge >= 0.3 is 10.2 Å². The molecule has 186 valence electrons. The minimum absolute atomic E-state index is 0.0709. The van der Waals surface area contributed by atoms with Gasteiger partial charge < -0.3 is 9.55 Å². The highest BCUT2D eigenvalue weighted by Gasteiger charge is 2.25. The lowest BCUT2D eigenvalue weighted by molar-refractivity contribution is 0.545. The third-order valence-corrected chi connectivity index (χ3v) is 8.30. The molecular formula is C29H24FN3O3S. The number of nitrogens with one attached hydrogen (secondary N) is 1. The summed E-state index contributed by atoms with van der Waals surface area (Å²) in [5.41, 5.74) is 5.04. The van der Waals surface area contributed by atoms with Gasteiger partial charge in [0.05, 0.1) is 10.9 Å². The van der Waals surface area contributed by atoms with E-state index in [0.29, 0.717) is 22.8 Å². The molecule has 8 heteroatoms. The number of halogens is 1. The Morgan fingerprint density at radius 1 is 1.14 bits per heavy atom. The predicted molar refractivity (Wildman–Crippen MR) is 144 cm³/mol. The van der Waals surface area contributed by atoms with Gasteiger partial charge in [-0.15, -0.1) is 10.3 Å². The third-order valence-electron chi connectivity index (χ3n) is 7.52. The summed E-state index contributed by atoms with van der Waals surface area (Å²) in [6, 6.07) is 10.9. The van der Waals surface area contributed by atoms with Gasteiger partial charge in [-0.2, -0.15) is 8.42 Å². The lowest BCUT2D eigenvalue weighted by Gasteiger charge is -2.21. The van der Waals surface area contributed by atoms with Crippen molar-refractivity contribution >= 4 is 43.1 Å². The van der Waals surface area contributed by atoms with Gasteiger partial charge in [0.2, 0.25) is 0 Å². The van der Waals surface area contributed by atoms with Crippen molar-refractivity contribution in [1.82, 2.24) is 14.5 Å². The molecular weight excluding hydrogens is 489 g/mol. The zero-order valence-electron chi connectivity index (χ0n) is 20.2. The molecule has 0 atom stereocenters. The second-order valence-electron chi connectivity index (χ2n) is 9.62. The summed E-state index contributed by atoms with van der Waals surface area (Å²) in [5, 5.41) is 2.07. The van der Waals surface area contributed by atoms with E-state index in [-0.39, 0.29) is 11.5 Å². The van der Waals surface area contributed by atoms with E-state index >= 15 is 0 Å². The molecule has 3 heterocycles. The van der Waals surface area contributed by atoms with Crippen LogP contribution < -0.4 is 5.43 Å². The number of pyridine rings is 2. The Labute approximate surface area is 213 Å². The van der Waals surface area contributed by atoms with Crippen LogP contribution >= 0.6 is 0 Å². The summed E-state index contributed by atoms with van der Waals surface area (Å²) in [4.78, 5) is 20.9. The number of H-pyrrole nitrogens is 1. The molecule has 0 unspecified atom stereocenters. The van der Waals surface area contributed by atoms with Crippen molar-refractivity contribution in [3.63, 3.8) is 0 Å². The maximum Gasteiger partial charge on any atom is 0.333 e. The Morgan fingerprint density at radius 3 is 2.62 bits per heavy atom. The number of terminal acetylenes is 1. The van der Waals surface area contributed by atoms with E-state index in [1.165, 1.54) is 12.3 Å². The van der Waals surface area contributed by atoms with Crippen molar-refractivity contribution < 1.29 is 12.3 Å². The van der Waals surface area contributed by atoms with Crippen molar-refractivity contribution in [1.29, 1.82) is 0 Å². The van der Waals surface area contributed by atoms with Crippen LogP contribution in [-0.4, -0.2) is 23.0 Å². The monoisotopic (exact) mass is 513 g/mol. The molecule has 0 spiro atoms. The summed E-state index contributed by atoms with van der Waals surface area (Å²) in [6.07, 6.45) is 12.9.